The Morgan fingerprint density at radius 3 is 2.50 bits per heavy atom. The predicted octanol–water partition coefficient (Wildman–Crippen LogP) is 2.36. The van der Waals surface area contributed by atoms with Crippen molar-refractivity contribution in [3.05, 3.63) is 35.4 Å². The molecule has 0 fully saturated rings. The molecule has 0 spiro atoms. The molecule has 1 rings (SSSR count). The van der Waals surface area contributed by atoms with Crippen LogP contribution in [0.15, 0.2) is 24.3 Å². The fourth-order valence-corrected chi connectivity index (χ4v) is 2.17. The summed E-state index contributed by atoms with van der Waals surface area (Å²) in [6.45, 7) is 1.85. The normalized spacial score (nSPS) is 17.8. The SMILES string of the molecule is Cc1cccc([C@H](O)[C@@](Cl)(Br)S(C)(=O)=O)c1. The number of halogens is 2. The van der Waals surface area contributed by atoms with Crippen molar-refractivity contribution in [3.63, 3.8) is 0 Å². The summed E-state index contributed by atoms with van der Waals surface area (Å²) in [5.41, 5.74) is 1.38. The molecule has 2 atom stereocenters. The zero-order valence-corrected chi connectivity index (χ0v) is 12.0. The Labute approximate surface area is 108 Å². The van der Waals surface area contributed by atoms with Gasteiger partial charge in [-0.15, -0.1) is 0 Å². The maximum Gasteiger partial charge on any atom is 0.228 e. The van der Waals surface area contributed by atoms with Gasteiger partial charge in [-0.3, -0.25) is 0 Å². The number of hydrogen-bond donors (Lipinski definition) is 1. The minimum absolute atomic E-state index is 0.456. The molecule has 1 N–H and O–H groups in total. The van der Waals surface area contributed by atoms with Crippen molar-refractivity contribution >= 4 is 37.4 Å². The molecule has 0 aliphatic rings. The van der Waals surface area contributed by atoms with Gasteiger partial charge in [-0.05, 0) is 28.4 Å². The average molecular weight is 328 g/mol. The molecule has 0 amide bonds. The van der Waals surface area contributed by atoms with Gasteiger partial charge in [0.25, 0.3) is 0 Å². The third-order valence-electron chi connectivity index (χ3n) is 2.17. The summed E-state index contributed by atoms with van der Waals surface area (Å²) in [6, 6.07) is 6.90. The molecule has 0 bridgehead atoms. The minimum atomic E-state index is -3.63. The van der Waals surface area contributed by atoms with E-state index in [2.05, 4.69) is 15.9 Å². The molecule has 0 aromatic heterocycles. The van der Waals surface area contributed by atoms with Crippen LogP contribution in [0.2, 0.25) is 0 Å². The van der Waals surface area contributed by atoms with Crippen LogP contribution < -0.4 is 0 Å². The molecule has 0 saturated carbocycles. The molecule has 6 heteroatoms. The van der Waals surface area contributed by atoms with Crippen LogP contribution in [0.4, 0.5) is 0 Å². The Kier molecular flexibility index (Phi) is 4.05. The molecule has 1 aromatic rings. The highest BCUT2D eigenvalue weighted by molar-refractivity contribution is 9.12. The van der Waals surface area contributed by atoms with E-state index in [4.69, 9.17) is 11.6 Å². The summed E-state index contributed by atoms with van der Waals surface area (Å²) >= 11 is 8.68. The molecule has 1 aromatic carbocycles. The average Bonchev–Trinajstić information content (AvgIpc) is 2.14. The summed E-state index contributed by atoms with van der Waals surface area (Å²) in [7, 11) is -3.63. The molecular weight excluding hydrogens is 316 g/mol. The second-order valence-electron chi connectivity index (χ2n) is 3.65. The van der Waals surface area contributed by atoms with Crippen LogP contribution in [0.1, 0.15) is 17.2 Å². The molecule has 0 aliphatic heterocycles. The Balaban J connectivity index is 3.17. The number of rotatable bonds is 3. The number of benzene rings is 1. The zero-order chi connectivity index (χ0) is 12.6. The lowest BCUT2D eigenvalue weighted by molar-refractivity contribution is 0.185. The molecule has 0 aliphatic carbocycles. The summed E-state index contributed by atoms with van der Waals surface area (Å²) in [5.74, 6) is 0. The quantitative estimate of drug-likeness (QED) is 0.867. The Bertz CT molecular complexity index is 485. The van der Waals surface area contributed by atoms with Crippen molar-refractivity contribution in [1.29, 1.82) is 0 Å². The largest absolute Gasteiger partial charge is 0.385 e. The highest BCUT2D eigenvalue weighted by Crippen LogP contribution is 2.42. The summed E-state index contributed by atoms with van der Waals surface area (Å²) in [5, 5.41) is 9.95. The van der Waals surface area contributed by atoms with Gasteiger partial charge in [0.1, 0.15) is 6.10 Å². The summed E-state index contributed by atoms with van der Waals surface area (Å²) < 4.78 is 20.9. The first kappa shape index (κ1) is 14.0. The van der Waals surface area contributed by atoms with Gasteiger partial charge in [0.15, 0.2) is 9.84 Å². The van der Waals surface area contributed by atoms with E-state index in [9.17, 15) is 13.5 Å². The van der Waals surface area contributed by atoms with Crippen LogP contribution >= 0.6 is 27.5 Å². The van der Waals surface area contributed by atoms with Gasteiger partial charge in [-0.1, -0.05) is 41.4 Å². The highest BCUT2D eigenvalue weighted by atomic mass is 79.9. The number of alkyl halides is 2. The standard InChI is InChI=1S/C10H12BrClO3S/c1-7-4-3-5-8(6-7)9(13)10(11,12)16(2,14)15/h3-6,9,13H,1-2H3/t9-,10-/m0/s1. The van der Waals surface area contributed by atoms with E-state index >= 15 is 0 Å². The molecular formula is C10H12BrClO3S. The van der Waals surface area contributed by atoms with E-state index in [1.165, 1.54) is 0 Å². The lowest BCUT2D eigenvalue weighted by Gasteiger charge is -2.24. The first-order chi connectivity index (χ1) is 7.16. The van der Waals surface area contributed by atoms with Crippen molar-refractivity contribution in [2.45, 2.75) is 16.1 Å². The topological polar surface area (TPSA) is 54.4 Å². The fourth-order valence-electron chi connectivity index (χ4n) is 1.24. The van der Waals surface area contributed by atoms with Gasteiger partial charge in [0.2, 0.25) is 3.12 Å². The van der Waals surface area contributed by atoms with Crippen LogP contribution in [0.5, 0.6) is 0 Å². The first-order valence-corrected chi connectivity index (χ1v) is 7.54. The van der Waals surface area contributed by atoms with Crippen LogP contribution in [-0.2, 0) is 9.84 Å². The number of aryl methyl sites for hydroxylation is 1. The lowest BCUT2D eigenvalue weighted by atomic mass is 10.1. The van der Waals surface area contributed by atoms with Gasteiger partial charge in [-0.25, -0.2) is 8.42 Å². The zero-order valence-electron chi connectivity index (χ0n) is 8.81. The number of aliphatic hydroxyl groups excluding tert-OH is 1. The smallest absolute Gasteiger partial charge is 0.228 e. The molecule has 16 heavy (non-hydrogen) atoms. The maximum absolute atomic E-state index is 11.4. The third kappa shape index (κ3) is 2.77. The molecule has 0 heterocycles. The van der Waals surface area contributed by atoms with Crippen molar-refractivity contribution in [2.24, 2.45) is 0 Å². The van der Waals surface area contributed by atoms with E-state index in [1.54, 1.807) is 18.2 Å². The number of hydrogen-bond acceptors (Lipinski definition) is 3. The number of sulfone groups is 1. The van der Waals surface area contributed by atoms with Gasteiger partial charge in [0.05, 0.1) is 0 Å². The van der Waals surface area contributed by atoms with Crippen LogP contribution in [-0.4, -0.2) is 22.9 Å². The third-order valence-corrected chi connectivity index (χ3v) is 6.63. The van der Waals surface area contributed by atoms with Gasteiger partial charge in [-0.2, -0.15) is 0 Å². The van der Waals surface area contributed by atoms with Gasteiger partial charge >= 0.3 is 0 Å². The van der Waals surface area contributed by atoms with E-state index in [-0.39, 0.29) is 0 Å². The van der Waals surface area contributed by atoms with E-state index in [1.807, 2.05) is 13.0 Å². The maximum atomic E-state index is 11.4. The van der Waals surface area contributed by atoms with Gasteiger partial charge in [0, 0.05) is 6.26 Å². The first-order valence-electron chi connectivity index (χ1n) is 4.48. The second-order valence-corrected chi connectivity index (χ2v) is 8.89. The fraction of sp³-hybridized carbons (Fsp3) is 0.400. The second kappa shape index (κ2) is 4.64. The predicted molar refractivity (Wildman–Crippen MR) is 68.5 cm³/mol. The van der Waals surface area contributed by atoms with Crippen LogP contribution in [0.25, 0.3) is 0 Å². The Morgan fingerprint density at radius 1 is 1.50 bits per heavy atom. The summed E-state index contributed by atoms with van der Waals surface area (Å²) in [4.78, 5) is 0. The molecule has 3 nitrogen and oxygen atoms in total. The minimum Gasteiger partial charge on any atom is -0.385 e. The molecule has 0 radical (unpaired) electrons. The Hall–Kier alpha value is -0.100. The highest BCUT2D eigenvalue weighted by Gasteiger charge is 2.44. The van der Waals surface area contributed by atoms with Crippen molar-refractivity contribution < 1.29 is 13.5 Å². The summed E-state index contributed by atoms with van der Waals surface area (Å²) in [6.07, 6.45) is -0.364. The lowest BCUT2D eigenvalue weighted by Crippen LogP contribution is -2.32. The van der Waals surface area contributed by atoms with Crippen LogP contribution in [0, 0.1) is 6.92 Å². The molecule has 90 valence electrons. The molecule has 0 unspecified atom stereocenters. The van der Waals surface area contributed by atoms with Crippen molar-refractivity contribution in [2.75, 3.05) is 6.26 Å². The Morgan fingerprint density at radius 2 is 2.06 bits per heavy atom. The van der Waals surface area contributed by atoms with E-state index < -0.39 is 19.1 Å². The monoisotopic (exact) mass is 326 g/mol. The van der Waals surface area contributed by atoms with Crippen LogP contribution in [0.3, 0.4) is 0 Å². The van der Waals surface area contributed by atoms with Crippen molar-refractivity contribution in [1.82, 2.24) is 0 Å². The van der Waals surface area contributed by atoms with E-state index in [0.717, 1.165) is 11.8 Å². The van der Waals surface area contributed by atoms with E-state index in [0.29, 0.717) is 5.56 Å². The molecule has 0 saturated heterocycles. The number of aliphatic hydroxyl groups is 1. The van der Waals surface area contributed by atoms with Crippen molar-refractivity contribution in [3.8, 4) is 0 Å². The van der Waals surface area contributed by atoms with Gasteiger partial charge < -0.3 is 5.11 Å².